The molecule has 0 aliphatic carbocycles. The number of esters is 1. The summed E-state index contributed by atoms with van der Waals surface area (Å²) in [5, 5.41) is 3.26. The van der Waals surface area contributed by atoms with E-state index >= 15 is 0 Å². The van der Waals surface area contributed by atoms with Crippen LogP contribution in [-0.2, 0) is 9.53 Å². The zero-order chi connectivity index (χ0) is 20.8. The number of hydrogen-bond acceptors (Lipinski definition) is 5. The van der Waals surface area contributed by atoms with Crippen molar-refractivity contribution in [2.45, 2.75) is 20.8 Å². The van der Waals surface area contributed by atoms with Gasteiger partial charge in [-0.3, -0.25) is 4.79 Å². The number of aryl methyl sites for hydroxylation is 2. The number of nitrogens with one attached hydrogen (secondary N) is 1. The van der Waals surface area contributed by atoms with Crippen LogP contribution in [0, 0.1) is 13.8 Å². The lowest BCUT2D eigenvalue weighted by molar-refractivity contribution is -0.118. The Balaban J connectivity index is 1.78. The molecule has 0 unspecified atom stereocenters. The van der Waals surface area contributed by atoms with Gasteiger partial charge in [-0.15, -0.1) is 11.3 Å². The van der Waals surface area contributed by atoms with Crippen molar-refractivity contribution in [3.05, 3.63) is 71.3 Å². The van der Waals surface area contributed by atoms with Crippen LogP contribution in [0.15, 0.2) is 54.6 Å². The van der Waals surface area contributed by atoms with E-state index in [4.69, 9.17) is 9.47 Å². The molecule has 0 spiro atoms. The summed E-state index contributed by atoms with van der Waals surface area (Å²) in [6.07, 6.45) is 0. The summed E-state index contributed by atoms with van der Waals surface area (Å²) in [6.45, 7) is 5.74. The normalized spacial score (nSPS) is 10.4. The molecule has 0 atom stereocenters. The molecule has 150 valence electrons. The lowest BCUT2D eigenvalue weighted by atomic mass is 10.1. The standard InChI is InChI=1S/C23H23NO4S/c1-4-27-23(26)18-13-19(17-11-6-5-7-12-17)29-22(18)24-20(25)14-28-21-15(2)9-8-10-16(21)3/h5-13H,4,14H2,1-3H3,(H,24,25). The van der Waals surface area contributed by atoms with Crippen LogP contribution in [0.2, 0.25) is 0 Å². The monoisotopic (exact) mass is 409 g/mol. The van der Waals surface area contributed by atoms with E-state index in [1.807, 2.05) is 62.4 Å². The molecule has 2 aromatic carbocycles. The van der Waals surface area contributed by atoms with E-state index in [0.717, 1.165) is 21.6 Å². The van der Waals surface area contributed by atoms with Crippen molar-refractivity contribution in [1.29, 1.82) is 0 Å². The highest BCUT2D eigenvalue weighted by atomic mass is 32.1. The van der Waals surface area contributed by atoms with E-state index < -0.39 is 5.97 Å². The van der Waals surface area contributed by atoms with Crippen molar-refractivity contribution >= 4 is 28.2 Å². The van der Waals surface area contributed by atoms with Gasteiger partial charge in [0.1, 0.15) is 10.8 Å². The lowest BCUT2D eigenvalue weighted by Gasteiger charge is -2.12. The molecule has 0 saturated heterocycles. The molecule has 29 heavy (non-hydrogen) atoms. The molecule has 6 heteroatoms. The third-order valence-corrected chi connectivity index (χ3v) is 5.39. The molecule has 3 aromatic rings. The van der Waals surface area contributed by atoms with Crippen molar-refractivity contribution in [3.8, 4) is 16.2 Å². The smallest absolute Gasteiger partial charge is 0.341 e. The number of anilines is 1. The summed E-state index contributed by atoms with van der Waals surface area (Å²) in [7, 11) is 0. The number of amides is 1. The van der Waals surface area contributed by atoms with Gasteiger partial charge in [-0.25, -0.2) is 4.79 Å². The van der Waals surface area contributed by atoms with Crippen molar-refractivity contribution in [2.75, 3.05) is 18.5 Å². The number of ether oxygens (including phenoxy) is 2. The van der Waals surface area contributed by atoms with E-state index in [1.165, 1.54) is 11.3 Å². The zero-order valence-electron chi connectivity index (χ0n) is 16.7. The quantitative estimate of drug-likeness (QED) is 0.543. The minimum Gasteiger partial charge on any atom is -0.483 e. The van der Waals surface area contributed by atoms with Crippen LogP contribution in [0.1, 0.15) is 28.4 Å². The van der Waals surface area contributed by atoms with Gasteiger partial charge in [0.15, 0.2) is 6.61 Å². The number of rotatable bonds is 7. The van der Waals surface area contributed by atoms with Gasteiger partial charge >= 0.3 is 5.97 Å². The Morgan fingerprint density at radius 3 is 2.34 bits per heavy atom. The average Bonchev–Trinajstić information content (AvgIpc) is 3.12. The Hall–Kier alpha value is -3.12. The van der Waals surface area contributed by atoms with E-state index in [0.29, 0.717) is 16.3 Å². The molecule has 0 aliphatic heterocycles. The maximum Gasteiger partial charge on any atom is 0.341 e. The van der Waals surface area contributed by atoms with Crippen molar-refractivity contribution in [3.63, 3.8) is 0 Å². The fraction of sp³-hybridized carbons (Fsp3) is 0.217. The van der Waals surface area contributed by atoms with E-state index in [-0.39, 0.29) is 19.1 Å². The van der Waals surface area contributed by atoms with Gasteiger partial charge in [0.2, 0.25) is 0 Å². The van der Waals surface area contributed by atoms with E-state index in [2.05, 4.69) is 5.32 Å². The van der Waals surface area contributed by atoms with Gasteiger partial charge in [-0.05, 0) is 43.5 Å². The molecule has 0 bridgehead atoms. The van der Waals surface area contributed by atoms with Crippen LogP contribution in [0.25, 0.3) is 10.4 Å². The van der Waals surface area contributed by atoms with Crippen LogP contribution in [0.5, 0.6) is 5.75 Å². The molecule has 0 fully saturated rings. The number of hydrogen-bond donors (Lipinski definition) is 1. The Morgan fingerprint density at radius 2 is 1.69 bits per heavy atom. The maximum absolute atomic E-state index is 12.5. The highest BCUT2D eigenvalue weighted by molar-refractivity contribution is 7.20. The molecular formula is C23H23NO4S. The summed E-state index contributed by atoms with van der Waals surface area (Å²) in [6, 6.07) is 17.3. The number of thiophene rings is 1. The number of para-hydroxylation sites is 1. The van der Waals surface area contributed by atoms with Gasteiger partial charge in [-0.2, -0.15) is 0 Å². The summed E-state index contributed by atoms with van der Waals surface area (Å²) < 4.78 is 10.9. The second kappa shape index (κ2) is 9.39. The topological polar surface area (TPSA) is 64.6 Å². The van der Waals surface area contributed by atoms with Crippen molar-refractivity contribution in [1.82, 2.24) is 0 Å². The lowest BCUT2D eigenvalue weighted by Crippen LogP contribution is -2.21. The highest BCUT2D eigenvalue weighted by Crippen LogP contribution is 2.36. The predicted octanol–water partition coefficient (Wildman–Crippen LogP) is 5.23. The Bertz CT molecular complexity index is 991. The summed E-state index contributed by atoms with van der Waals surface area (Å²) in [4.78, 5) is 25.7. The summed E-state index contributed by atoms with van der Waals surface area (Å²) in [5.74, 6) is -0.0963. The maximum atomic E-state index is 12.5. The fourth-order valence-electron chi connectivity index (χ4n) is 2.92. The number of carbonyl (C=O) groups is 2. The van der Waals surface area contributed by atoms with Gasteiger partial charge in [0, 0.05) is 4.88 Å². The van der Waals surface area contributed by atoms with Gasteiger partial charge in [0.05, 0.1) is 12.2 Å². The summed E-state index contributed by atoms with van der Waals surface area (Å²) >= 11 is 1.33. The highest BCUT2D eigenvalue weighted by Gasteiger charge is 2.20. The second-order valence-corrected chi connectivity index (χ2v) is 7.55. The molecule has 1 amide bonds. The first kappa shape index (κ1) is 20.6. The van der Waals surface area contributed by atoms with Crippen LogP contribution in [0.4, 0.5) is 5.00 Å². The van der Waals surface area contributed by atoms with Crippen LogP contribution >= 0.6 is 11.3 Å². The summed E-state index contributed by atoms with van der Waals surface area (Å²) in [5.41, 5.74) is 3.24. The molecule has 0 saturated carbocycles. The SMILES string of the molecule is CCOC(=O)c1cc(-c2ccccc2)sc1NC(=O)COc1c(C)cccc1C. The first-order valence-corrected chi connectivity index (χ1v) is 10.2. The third kappa shape index (κ3) is 5.03. The second-order valence-electron chi connectivity index (χ2n) is 6.50. The molecule has 1 heterocycles. The molecule has 1 N–H and O–H groups in total. The van der Waals surface area contributed by atoms with Gasteiger partial charge in [-0.1, -0.05) is 48.5 Å². The minimum atomic E-state index is -0.461. The van der Waals surface area contributed by atoms with Crippen LogP contribution in [-0.4, -0.2) is 25.1 Å². The zero-order valence-corrected chi connectivity index (χ0v) is 17.5. The predicted molar refractivity (Wildman–Crippen MR) is 116 cm³/mol. The molecular weight excluding hydrogens is 386 g/mol. The first-order chi connectivity index (χ1) is 14.0. The van der Waals surface area contributed by atoms with Gasteiger partial charge in [0.25, 0.3) is 5.91 Å². The molecule has 0 radical (unpaired) electrons. The Morgan fingerprint density at radius 1 is 1.00 bits per heavy atom. The fourth-order valence-corrected chi connectivity index (χ4v) is 3.98. The van der Waals surface area contributed by atoms with E-state index in [1.54, 1.807) is 13.0 Å². The van der Waals surface area contributed by atoms with Gasteiger partial charge < -0.3 is 14.8 Å². The first-order valence-electron chi connectivity index (χ1n) is 9.34. The largest absolute Gasteiger partial charge is 0.483 e. The van der Waals surface area contributed by atoms with E-state index in [9.17, 15) is 9.59 Å². The van der Waals surface area contributed by atoms with Crippen molar-refractivity contribution < 1.29 is 19.1 Å². The molecule has 5 nitrogen and oxygen atoms in total. The van der Waals surface area contributed by atoms with Crippen molar-refractivity contribution in [2.24, 2.45) is 0 Å². The number of carbonyl (C=O) groups excluding carboxylic acids is 2. The minimum absolute atomic E-state index is 0.146. The van der Waals surface area contributed by atoms with Crippen LogP contribution < -0.4 is 10.1 Å². The molecule has 1 aromatic heterocycles. The third-order valence-electron chi connectivity index (χ3n) is 4.30. The molecule has 0 aliphatic rings. The van der Waals surface area contributed by atoms with Crippen LogP contribution in [0.3, 0.4) is 0 Å². The molecule has 3 rings (SSSR count). The number of benzene rings is 2. The average molecular weight is 410 g/mol. The Labute approximate surface area is 174 Å². The Kier molecular flexibility index (Phi) is 6.67.